The van der Waals surface area contributed by atoms with Crippen LogP contribution >= 0.6 is 0 Å². The molecule has 0 fully saturated rings. The van der Waals surface area contributed by atoms with Gasteiger partial charge in [0.25, 0.3) is 0 Å². The zero-order valence-electron chi connectivity index (χ0n) is 15.0. The van der Waals surface area contributed by atoms with Gasteiger partial charge in [0, 0.05) is 24.7 Å². The molecule has 4 rings (SSSR count). The first-order valence-corrected chi connectivity index (χ1v) is 9.15. The molecule has 1 aliphatic heterocycles. The maximum Gasteiger partial charge on any atom is 0.226 e. The lowest BCUT2D eigenvalue weighted by Gasteiger charge is -2.24. The average molecular weight is 359 g/mol. The Morgan fingerprint density at radius 1 is 1.07 bits per heavy atom. The summed E-state index contributed by atoms with van der Waals surface area (Å²) < 4.78 is 5.70. The first-order chi connectivity index (χ1) is 13.3. The molecule has 136 valence electrons. The number of fused-ring (bicyclic) bond motifs is 1. The van der Waals surface area contributed by atoms with E-state index in [2.05, 4.69) is 15.3 Å². The highest BCUT2D eigenvalue weighted by atomic mass is 16.5. The predicted molar refractivity (Wildman–Crippen MR) is 103 cm³/mol. The molecule has 1 unspecified atom stereocenters. The van der Waals surface area contributed by atoms with Crippen LogP contribution < -0.4 is 10.1 Å². The van der Waals surface area contributed by atoms with E-state index in [0.29, 0.717) is 26.0 Å². The summed E-state index contributed by atoms with van der Waals surface area (Å²) in [7, 11) is 0. The molecule has 1 aromatic heterocycles. The van der Waals surface area contributed by atoms with Gasteiger partial charge in [-0.1, -0.05) is 48.5 Å². The lowest BCUT2D eigenvalue weighted by molar-refractivity contribution is -0.126. The lowest BCUT2D eigenvalue weighted by Crippen LogP contribution is -2.38. The van der Waals surface area contributed by atoms with Gasteiger partial charge in [-0.2, -0.15) is 0 Å². The Morgan fingerprint density at radius 3 is 2.78 bits per heavy atom. The molecule has 27 heavy (non-hydrogen) atoms. The van der Waals surface area contributed by atoms with Gasteiger partial charge in [-0.3, -0.25) is 4.79 Å². The van der Waals surface area contributed by atoms with Crippen molar-refractivity contribution in [3.63, 3.8) is 0 Å². The molecule has 0 aliphatic carbocycles. The molecule has 3 aromatic rings. The van der Waals surface area contributed by atoms with Gasteiger partial charge in [0.15, 0.2) is 0 Å². The Morgan fingerprint density at radius 2 is 1.89 bits per heavy atom. The zero-order valence-corrected chi connectivity index (χ0v) is 15.0. The standard InChI is InChI=1S/C22H21N3O2/c26-22(18-14-17-8-4-5-9-20(17)27-15-18)24-13-11-21-23-12-10-19(25-21)16-6-2-1-3-7-16/h1-10,12,18H,11,13-15H2,(H,24,26). The molecule has 0 saturated heterocycles. The van der Waals surface area contributed by atoms with Crippen molar-refractivity contribution in [2.75, 3.05) is 13.2 Å². The average Bonchev–Trinajstić information content (AvgIpc) is 2.74. The van der Waals surface area contributed by atoms with Crippen LogP contribution in [0.3, 0.4) is 0 Å². The second-order valence-electron chi connectivity index (χ2n) is 6.58. The summed E-state index contributed by atoms with van der Waals surface area (Å²) in [5.74, 6) is 1.47. The predicted octanol–water partition coefficient (Wildman–Crippen LogP) is 3.05. The van der Waals surface area contributed by atoms with Crippen LogP contribution in [-0.2, 0) is 17.6 Å². The van der Waals surface area contributed by atoms with Crippen molar-refractivity contribution in [1.29, 1.82) is 0 Å². The van der Waals surface area contributed by atoms with Gasteiger partial charge in [-0.05, 0) is 24.1 Å². The van der Waals surface area contributed by atoms with E-state index in [1.807, 2.05) is 60.7 Å². The first kappa shape index (κ1) is 17.2. The fourth-order valence-electron chi connectivity index (χ4n) is 3.23. The number of para-hydroxylation sites is 1. The van der Waals surface area contributed by atoms with Crippen molar-refractivity contribution < 1.29 is 9.53 Å². The van der Waals surface area contributed by atoms with E-state index in [1.165, 1.54) is 0 Å². The van der Waals surface area contributed by atoms with E-state index in [1.54, 1.807) is 6.20 Å². The third-order valence-electron chi connectivity index (χ3n) is 4.67. The van der Waals surface area contributed by atoms with E-state index in [4.69, 9.17) is 4.74 Å². The number of carbonyl (C=O) groups excluding carboxylic acids is 1. The Kier molecular flexibility index (Phi) is 5.10. The number of aromatic nitrogens is 2. The van der Waals surface area contributed by atoms with Crippen molar-refractivity contribution in [2.24, 2.45) is 5.92 Å². The molecule has 2 aromatic carbocycles. The van der Waals surface area contributed by atoms with Crippen LogP contribution in [0.1, 0.15) is 11.4 Å². The Balaban J connectivity index is 1.32. The molecule has 1 amide bonds. The Labute approximate surface area is 158 Å². The number of nitrogens with one attached hydrogen (secondary N) is 1. The van der Waals surface area contributed by atoms with Crippen LogP contribution in [0.25, 0.3) is 11.3 Å². The van der Waals surface area contributed by atoms with Crippen LogP contribution in [-0.4, -0.2) is 29.0 Å². The Hall–Kier alpha value is -3.21. The van der Waals surface area contributed by atoms with Gasteiger partial charge in [0.1, 0.15) is 18.2 Å². The monoisotopic (exact) mass is 359 g/mol. The van der Waals surface area contributed by atoms with E-state index in [-0.39, 0.29) is 11.8 Å². The van der Waals surface area contributed by atoms with Gasteiger partial charge in [-0.15, -0.1) is 0 Å². The molecule has 0 bridgehead atoms. The highest BCUT2D eigenvalue weighted by Gasteiger charge is 2.25. The van der Waals surface area contributed by atoms with E-state index in [9.17, 15) is 4.79 Å². The van der Waals surface area contributed by atoms with Gasteiger partial charge >= 0.3 is 0 Å². The van der Waals surface area contributed by atoms with Crippen LogP contribution in [0.15, 0.2) is 66.9 Å². The summed E-state index contributed by atoms with van der Waals surface area (Å²) in [6.45, 7) is 0.929. The molecule has 5 heteroatoms. The summed E-state index contributed by atoms with van der Waals surface area (Å²) >= 11 is 0. The summed E-state index contributed by atoms with van der Waals surface area (Å²) in [5, 5.41) is 2.99. The minimum Gasteiger partial charge on any atom is -0.492 e. The van der Waals surface area contributed by atoms with Crippen LogP contribution in [0.5, 0.6) is 5.75 Å². The van der Waals surface area contributed by atoms with Crippen molar-refractivity contribution in [3.05, 3.63) is 78.2 Å². The number of nitrogens with zero attached hydrogens (tertiary/aromatic N) is 2. The molecule has 0 saturated carbocycles. The van der Waals surface area contributed by atoms with Gasteiger partial charge < -0.3 is 10.1 Å². The molecule has 2 heterocycles. The number of rotatable bonds is 5. The van der Waals surface area contributed by atoms with E-state index >= 15 is 0 Å². The fourth-order valence-corrected chi connectivity index (χ4v) is 3.23. The first-order valence-electron chi connectivity index (χ1n) is 9.15. The van der Waals surface area contributed by atoms with Gasteiger partial charge in [0.05, 0.1) is 11.6 Å². The summed E-state index contributed by atoms with van der Waals surface area (Å²) in [6.07, 6.45) is 3.07. The van der Waals surface area contributed by atoms with E-state index < -0.39 is 0 Å². The zero-order chi connectivity index (χ0) is 18.5. The minimum absolute atomic E-state index is 0.0173. The molecule has 0 spiro atoms. The molecule has 1 aliphatic rings. The van der Waals surface area contributed by atoms with Crippen LogP contribution in [0.4, 0.5) is 0 Å². The number of hydrogen-bond acceptors (Lipinski definition) is 4. The summed E-state index contributed by atoms with van der Waals surface area (Å²) in [4.78, 5) is 21.4. The maximum absolute atomic E-state index is 12.5. The number of ether oxygens (including phenoxy) is 1. The van der Waals surface area contributed by atoms with Crippen molar-refractivity contribution in [2.45, 2.75) is 12.8 Å². The molecular formula is C22H21N3O2. The number of hydrogen-bond donors (Lipinski definition) is 1. The summed E-state index contributed by atoms with van der Waals surface area (Å²) in [6, 6.07) is 19.8. The van der Waals surface area contributed by atoms with Crippen LogP contribution in [0.2, 0.25) is 0 Å². The normalized spacial score (nSPS) is 15.5. The number of amides is 1. The van der Waals surface area contributed by atoms with Gasteiger partial charge in [-0.25, -0.2) is 9.97 Å². The summed E-state index contributed by atoms with van der Waals surface area (Å²) in [5.41, 5.74) is 3.04. The third-order valence-corrected chi connectivity index (χ3v) is 4.67. The van der Waals surface area contributed by atoms with Crippen molar-refractivity contribution in [3.8, 4) is 17.0 Å². The highest BCUT2D eigenvalue weighted by molar-refractivity contribution is 5.79. The second kappa shape index (κ2) is 7.99. The molecule has 0 radical (unpaired) electrons. The third kappa shape index (κ3) is 4.14. The molecule has 5 nitrogen and oxygen atoms in total. The maximum atomic E-state index is 12.5. The molecule has 1 atom stereocenters. The van der Waals surface area contributed by atoms with E-state index in [0.717, 1.165) is 28.4 Å². The largest absolute Gasteiger partial charge is 0.492 e. The highest BCUT2D eigenvalue weighted by Crippen LogP contribution is 2.26. The van der Waals surface area contributed by atoms with Crippen molar-refractivity contribution in [1.82, 2.24) is 15.3 Å². The molecule has 1 N–H and O–H groups in total. The quantitative estimate of drug-likeness (QED) is 0.760. The second-order valence-corrected chi connectivity index (χ2v) is 6.58. The smallest absolute Gasteiger partial charge is 0.226 e. The Bertz CT molecular complexity index is 928. The SMILES string of the molecule is O=C(NCCc1nccc(-c2ccccc2)n1)C1COc2ccccc2C1. The van der Waals surface area contributed by atoms with Crippen LogP contribution in [0, 0.1) is 5.92 Å². The number of benzene rings is 2. The minimum atomic E-state index is -0.156. The van der Waals surface area contributed by atoms with Gasteiger partial charge in [0.2, 0.25) is 5.91 Å². The number of carbonyl (C=O) groups is 1. The lowest BCUT2D eigenvalue weighted by atomic mass is 9.96. The fraction of sp³-hybridized carbons (Fsp3) is 0.227. The topological polar surface area (TPSA) is 64.1 Å². The molecular weight excluding hydrogens is 338 g/mol. The van der Waals surface area contributed by atoms with Crippen molar-refractivity contribution >= 4 is 5.91 Å².